The molecule has 0 saturated carbocycles. The minimum absolute atomic E-state index is 0.0244. The van der Waals surface area contributed by atoms with Crippen LogP contribution in [0.4, 0.5) is 5.69 Å². The Balaban J connectivity index is 1.19. The van der Waals surface area contributed by atoms with Gasteiger partial charge in [-0.05, 0) is 77.1 Å². The number of ether oxygens (including phenoxy) is 2. The summed E-state index contributed by atoms with van der Waals surface area (Å²) in [6.45, 7) is 4.39. The third kappa shape index (κ3) is 5.58. The fraction of sp³-hybridized carbons (Fsp3) is 0.583. The van der Waals surface area contributed by atoms with Crippen molar-refractivity contribution in [3.63, 3.8) is 0 Å². The van der Waals surface area contributed by atoms with Crippen molar-refractivity contribution in [3.8, 4) is 11.5 Å². The van der Waals surface area contributed by atoms with Crippen LogP contribution in [-0.2, 0) is 9.59 Å². The van der Waals surface area contributed by atoms with Crippen LogP contribution in [0.1, 0.15) is 51.9 Å². The highest BCUT2D eigenvalue weighted by Gasteiger charge is 2.30. The number of anilines is 1. The van der Waals surface area contributed by atoms with Crippen LogP contribution in [0.15, 0.2) is 29.8 Å². The van der Waals surface area contributed by atoms with Gasteiger partial charge in [0.05, 0.1) is 6.04 Å². The van der Waals surface area contributed by atoms with Crippen LogP contribution in [0.25, 0.3) is 0 Å². The number of piperidine rings is 1. The number of hydrogen-bond donors (Lipinski definition) is 2. The molecule has 0 aromatic heterocycles. The van der Waals surface area contributed by atoms with Crippen molar-refractivity contribution in [2.75, 3.05) is 31.7 Å². The minimum Gasteiger partial charge on any atom is -0.454 e. The first-order valence-corrected chi connectivity index (χ1v) is 11.5. The Morgan fingerprint density at radius 1 is 1.16 bits per heavy atom. The minimum atomic E-state index is -0.168. The number of nitrogens with zero attached hydrogens (tertiary/aromatic N) is 1. The fourth-order valence-corrected chi connectivity index (χ4v) is 4.56. The van der Waals surface area contributed by atoms with E-state index in [4.69, 9.17) is 9.47 Å². The molecule has 1 aromatic rings. The molecule has 1 unspecified atom stereocenters. The number of benzene rings is 1. The summed E-state index contributed by atoms with van der Waals surface area (Å²) in [6.07, 6.45) is 9.70. The van der Waals surface area contributed by atoms with E-state index < -0.39 is 0 Å². The van der Waals surface area contributed by atoms with Crippen molar-refractivity contribution in [2.24, 2.45) is 5.92 Å². The lowest BCUT2D eigenvalue weighted by molar-refractivity contribution is -0.127. The van der Waals surface area contributed by atoms with Gasteiger partial charge in [0.1, 0.15) is 0 Å². The number of hydrogen-bond acceptors (Lipinski definition) is 5. The molecule has 3 aliphatic rings. The lowest BCUT2D eigenvalue weighted by atomic mass is 9.94. The average Bonchev–Trinajstić information content (AvgIpc) is 3.27. The molecule has 1 aromatic carbocycles. The number of amides is 2. The highest BCUT2D eigenvalue weighted by Crippen LogP contribution is 2.34. The Labute approximate surface area is 184 Å². The molecule has 7 heteroatoms. The quantitative estimate of drug-likeness (QED) is 0.652. The van der Waals surface area contributed by atoms with Crippen molar-refractivity contribution >= 4 is 17.5 Å². The van der Waals surface area contributed by atoms with Gasteiger partial charge in [0.2, 0.25) is 18.6 Å². The second-order valence-corrected chi connectivity index (χ2v) is 8.69. The van der Waals surface area contributed by atoms with E-state index in [2.05, 4.69) is 21.6 Å². The van der Waals surface area contributed by atoms with Crippen molar-refractivity contribution in [1.82, 2.24) is 10.2 Å². The van der Waals surface area contributed by atoms with Crippen molar-refractivity contribution in [3.05, 3.63) is 29.8 Å². The maximum absolute atomic E-state index is 12.7. The fourth-order valence-electron chi connectivity index (χ4n) is 4.56. The van der Waals surface area contributed by atoms with E-state index in [-0.39, 0.29) is 30.6 Å². The number of fused-ring (bicyclic) bond motifs is 1. The SMILES string of the molecule is CC(C(=O)NCCC1=CCCCC1)N1CCC(C(=O)Nc2ccc3c(c2)OCO3)CC1. The molecule has 0 spiro atoms. The lowest BCUT2D eigenvalue weighted by Gasteiger charge is -2.34. The van der Waals surface area contributed by atoms with E-state index >= 15 is 0 Å². The summed E-state index contributed by atoms with van der Waals surface area (Å²) in [7, 11) is 0. The maximum Gasteiger partial charge on any atom is 0.237 e. The molecule has 2 amide bonds. The maximum atomic E-state index is 12.7. The second kappa shape index (κ2) is 10.2. The largest absolute Gasteiger partial charge is 0.454 e. The Morgan fingerprint density at radius 3 is 2.74 bits per heavy atom. The number of rotatable bonds is 7. The van der Waals surface area contributed by atoms with Crippen molar-refractivity contribution in [2.45, 2.75) is 57.9 Å². The van der Waals surface area contributed by atoms with Gasteiger partial charge in [-0.2, -0.15) is 0 Å². The summed E-state index contributed by atoms with van der Waals surface area (Å²) < 4.78 is 10.7. The molecular weight excluding hydrogens is 394 g/mol. The van der Waals surface area contributed by atoms with Gasteiger partial charge in [-0.15, -0.1) is 0 Å². The molecule has 2 heterocycles. The van der Waals surface area contributed by atoms with Gasteiger partial charge in [0, 0.05) is 24.2 Å². The van der Waals surface area contributed by atoms with Gasteiger partial charge in [-0.25, -0.2) is 0 Å². The topological polar surface area (TPSA) is 79.9 Å². The first kappa shape index (κ1) is 21.7. The summed E-state index contributed by atoms with van der Waals surface area (Å²) in [6, 6.07) is 5.27. The van der Waals surface area contributed by atoms with E-state index in [1.54, 1.807) is 6.07 Å². The highest BCUT2D eigenvalue weighted by molar-refractivity contribution is 5.93. The van der Waals surface area contributed by atoms with Crippen LogP contribution < -0.4 is 20.1 Å². The molecule has 0 radical (unpaired) electrons. The van der Waals surface area contributed by atoms with Crippen LogP contribution >= 0.6 is 0 Å². The third-order valence-electron chi connectivity index (χ3n) is 6.60. The monoisotopic (exact) mass is 427 g/mol. The number of allylic oxidation sites excluding steroid dienone is 1. The van der Waals surface area contributed by atoms with Gasteiger partial charge in [0.25, 0.3) is 0 Å². The molecule has 168 valence electrons. The van der Waals surface area contributed by atoms with Crippen LogP contribution in [-0.4, -0.2) is 49.2 Å². The summed E-state index contributed by atoms with van der Waals surface area (Å²) in [5.41, 5.74) is 2.20. The zero-order valence-electron chi connectivity index (χ0n) is 18.3. The molecule has 0 bridgehead atoms. The summed E-state index contributed by atoms with van der Waals surface area (Å²) in [5.74, 6) is 1.42. The smallest absolute Gasteiger partial charge is 0.237 e. The Bertz CT molecular complexity index is 830. The van der Waals surface area contributed by atoms with Crippen LogP contribution in [0.3, 0.4) is 0 Å². The molecule has 1 fully saturated rings. The third-order valence-corrected chi connectivity index (χ3v) is 6.60. The molecule has 7 nitrogen and oxygen atoms in total. The van der Waals surface area contributed by atoms with Crippen LogP contribution in [0, 0.1) is 5.92 Å². The van der Waals surface area contributed by atoms with E-state index in [0.717, 1.165) is 38.0 Å². The molecule has 2 aliphatic heterocycles. The van der Waals surface area contributed by atoms with Crippen LogP contribution in [0.5, 0.6) is 11.5 Å². The van der Waals surface area contributed by atoms with E-state index in [1.165, 1.54) is 31.3 Å². The Hall–Kier alpha value is -2.54. The summed E-state index contributed by atoms with van der Waals surface area (Å²) in [5, 5.41) is 6.08. The van der Waals surface area contributed by atoms with E-state index in [9.17, 15) is 9.59 Å². The molecule has 4 rings (SSSR count). The molecular formula is C24H33N3O4. The van der Waals surface area contributed by atoms with E-state index in [1.807, 2.05) is 19.1 Å². The van der Waals surface area contributed by atoms with Gasteiger partial charge >= 0.3 is 0 Å². The molecule has 31 heavy (non-hydrogen) atoms. The zero-order valence-corrected chi connectivity index (χ0v) is 18.3. The first-order valence-electron chi connectivity index (χ1n) is 11.5. The standard InChI is InChI=1S/C24H33N3O4/c1-17(23(28)25-12-9-18-5-3-2-4-6-18)27-13-10-19(11-14-27)24(29)26-20-7-8-21-22(15-20)31-16-30-21/h5,7-8,15,17,19H,2-4,6,9-14,16H2,1H3,(H,25,28)(H,26,29). The number of nitrogens with one attached hydrogen (secondary N) is 2. The summed E-state index contributed by atoms with van der Waals surface area (Å²) >= 11 is 0. The lowest BCUT2D eigenvalue weighted by Crippen LogP contribution is -2.49. The first-order chi connectivity index (χ1) is 15.1. The molecule has 1 atom stereocenters. The van der Waals surface area contributed by atoms with Crippen LogP contribution in [0.2, 0.25) is 0 Å². The Morgan fingerprint density at radius 2 is 1.97 bits per heavy atom. The molecule has 1 aliphatic carbocycles. The summed E-state index contributed by atoms with van der Waals surface area (Å²) in [4.78, 5) is 27.4. The van der Waals surface area contributed by atoms with Gasteiger partial charge in [0.15, 0.2) is 11.5 Å². The Kier molecular flexibility index (Phi) is 7.12. The molecule has 2 N–H and O–H groups in total. The normalized spacial score (nSPS) is 20.1. The predicted octanol–water partition coefficient (Wildman–Crippen LogP) is 3.46. The number of carbonyl (C=O) groups excluding carboxylic acids is 2. The zero-order chi connectivity index (χ0) is 21.6. The van der Waals surface area contributed by atoms with Crippen molar-refractivity contribution < 1.29 is 19.1 Å². The average molecular weight is 428 g/mol. The van der Waals surface area contributed by atoms with E-state index in [0.29, 0.717) is 18.0 Å². The van der Waals surface area contributed by atoms with Gasteiger partial charge < -0.3 is 20.1 Å². The van der Waals surface area contributed by atoms with Gasteiger partial charge in [-0.3, -0.25) is 14.5 Å². The predicted molar refractivity (Wildman–Crippen MR) is 119 cm³/mol. The van der Waals surface area contributed by atoms with Gasteiger partial charge in [-0.1, -0.05) is 11.6 Å². The molecule has 1 saturated heterocycles. The number of carbonyl (C=O) groups is 2. The highest BCUT2D eigenvalue weighted by atomic mass is 16.7. The second-order valence-electron chi connectivity index (χ2n) is 8.69. The van der Waals surface area contributed by atoms with Crippen molar-refractivity contribution in [1.29, 1.82) is 0 Å². The number of likely N-dealkylation sites (tertiary alicyclic amines) is 1.